The number of amides is 1. The summed E-state index contributed by atoms with van der Waals surface area (Å²) in [6, 6.07) is 5.01. The van der Waals surface area contributed by atoms with Crippen LogP contribution in [0.15, 0.2) is 18.2 Å². The molecule has 1 amide bonds. The summed E-state index contributed by atoms with van der Waals surface area (Å²) in [6.07, 6.45) is 0. The molecule has 0 aliphatic rings. The van der Waals surface area contributed by atoms with Crippen LogP contribution in [-0.4, -0.2) is 45.5 Å². The van der Waals surface area contributed by atoms with Crippen LogP contribution < -0.4 is 11.1 Å². The highest BCUT2D eigenvalue weighted by atomic mass is 35.5. The molecule has 6 nitrogen and oxygen atoms in total. The monoisotopic (exact) mass is 346 g/mol. The van der Waals surface area contributed by atoms with Gasteiger partial charge in [-0.15, -0.1) is 12.4 Å². The van der Waals surface area contributed by atoms with Crippen LogP contribution in [0.5, 0.6) is 0 Å². The third kappa shape index (κ3) is 7.76. The molecule has 3 N–H and O–H groups in total. The Morgan fingerprint density at radius 2 is 2.00 bits per heavy atom. The highest BCUT2D eigenvalue weighted by Crippen LogP contribution is 2.19. The first-order valence-electron chi connectivity index (χ1n) is 7.39. The van der Waals surface area contributed by atoms with Crippen molar-refractivity contribution in [2.75, 3.05) is 38.9 Å². The molecule has 0 aliphatic heterocycles. The van der Waals surface area contributed by atoms with Gasteiger partial charge in [-0.3, -0.25) is 4.79 Å². The van der Waals surface area contributed by atoms with Crippen molar-refractivity contribution < 1.29 is 19.0 Å². The Morgan fingerprint density at radius 1 is 1.30 bits per heavy atom. The third-order valence-electron chi connectivity index (χ3n) is 3.22. The van der Waals surface area contributed by atoms with Crippen LogP contribution >= 0.6 is 12.4 Å². The minimum atomic E-state index is -0.685. The van der Waals surface area contributed by atoms with Gasteiger partial charge in [-0.1, -0.05) is 12.1 Å². The molecule has 7 heteroatoms. The molecule has 0 fully saturated rings. The van der Waals surface area contributed by atoms with Crippen molar-refractivity contribution in [1.29, 1.82) is 0 Å². The predicted molar refractivity (Wildman–Crippen MR) is 93.1 cm³/mol. The van der Waals surface area contributed by atoms with Crippen molar-refractivity contribution in [3.8, 4) is 0 Å². The van der Waals surface area contributed by atoms with E-state index in [1.807, 2.05) is 32.0 Å². The van der Waals surface area contributed by atoms with E-state index in [0.29, 0.717) is 26.4 Å². The fourth-order valence-electron chi connectivity index (χ4n) is 1.90. The normalized spacial score (nSPS) is 11.7. The molecule has 0 spiro atoms. The van der Waals surface area contributed by atoms with Crippen molar-refractivity contribution in [1.82, 2.24) is 0 Å². The number of carbonyl (C=O) groups is 1. The predicted octanol–water partition coefficient (Wildman–Crippen LogP) is 1.88. The van der Waals surface area contributed by atoms with Gasteiger partial charge >= 0.3 is 0 Å². The van der Waals surface area contributed by atoms with Gasteiger partial charge in [-0.05, 0) is 31.0 Å². The number of hydrogen-bond donors (Lipinski definition) is 2. The summed E-state index contributed by atoms with van der Waals surface area (Å²) in [4.78, 5) is 11.9. The fourth-order valence-corrected chi connectivity index (χ4v) is 1.90. The number of rotatable bonds is 10. The Balaban J connectivity index is 0.00000484. The molecule has 0 bridgehead atoms. The van der Waals surface area contributed by atoms with E-state index in [9.17, 15) is 4.79 Å². The maximum atomic E-state index is 11.9. The van der Waals surface area contributed by atoms with Gasteiger partial charge < -0.3 is 25.3 Å². The summed E-state index contributed by atoms with van der Waals surface area (Å²) in [5.41, 5.74) is 8.45. The Bertz CT molecular complexity index is 471. The van der Waals surface area contributed by atoms with Crippen LogP contribution in [-0.2, 0) is 25.6 Å². The van der Waals surface area contributed by atoms with Gasteiger partial charge in [0.1, 0.15) is 6.04 Å². The van der Waals surface area contributed by atoms with Crippen molar-refractivity contribution in [2.24, 2.45) is 5.73 Å². The van der Waals surface area contributed by atoms with Crippen molar-refractivity contribution in [3.05, 3.63) is 29.3 Å². The second kappa shape index (κ2) is 12.3. The molecular weight excluding hydrogens is 320 g/mol. The van der Waals surface area contributed by atoms with Crippen LogP contribution in [0.2, 0.25) is 0 Å². The fraction of sp³-hybridized carbons (Fsp3) is 0.562. The van der Waals surface area contributed by atoms with E-state index in [1.54, 1.807) is 0 Å². The molecule has 1 aromatic carbocycles. The minimum Gasteiger partial charge on any atom is -0.383 e. The molecule has 1 aromatic rings. The molecule has 0 aromatic heterocycles. The molecule has 0 saturated carbocycles. The van der Waals surface area contributed by atoms with E-state index < -0.39 is 6.04 Å². The highest BCUT2D eigenvalue weighted by Gasteiger charge is 2.14. The number of carbonyl (C=O) groups excluding carboxylic acids is 1. The van der Waals surface area contributed by atoms with Crippen molar-refractivity contribution >= 4 is 24.0 Å². The lowest BCUT2D eigenvalue weighted by Gasteiger charge is -2.15. The number of nitrogens with one attached hydrogen (secondary N) is 1. The molecule has 132 valence electrons. The number of methoxy groups -OCH3 is 1. The Hall–Kier alpha value is -1.18. The molecule has 1 rings (SSSR count). The highest BCUT2D eigenvalue weighted by molar-refractivity contribution is 5.95. The lowest BCUT2D eigenvalue weighted by atomic mass is 10.1. The molecule has 0 radical (unpaired) electrons. The molecule has 0 saturated heterocycles. The summed E-state index contributed by atoms with van der Waals surface area (Å²) < 4.78 is 15.7. The first kappa shape index (κ1) is 21.8. The van der Waals surface area contributed by atoms with E-state index in [-0.39, 0.29) is 24.9 Å². The molecular formula is C16H27ClN2O4. The zero-order valence-corrected chi connectivity index (χ0v) is 14.8. The molecule has 0 aliphatic carbocycles. The molecule has 23 heavy (non-hydrogen) atoms. The molecule has 0 heterocycles. The topological polar surface area (TPSA) is 82.8 Å². The molecule has 1 atom stereocenters. The first-order chi connectivity index (χ1) is 10.6. The quantitative estimate of drug-likeness (QED) is 0.632. The minimum absolute atomic E-state index is 0. The van der Waals surface area contributed by atoms with Gasteiger partial charge in [-0.25, -0.2) is 0 Å². The Kier molecular flexibility index (Phi) is 11.6. The van der Waals surface area contributed by atoms with Crippen LogP contribution in [0.3, 0.4) is 0 Å². The lowest BCUT2D eigenvalue weighted by Crippen LogP contribution is -2.39. The van der Waals surface area contributed by atoms with Crippen molar-refractivity contribution in [3.63, 3.8) is 0 Å². The summed E-state index contributed by atoms with van der Waals surface area (Å²) in [7, 11) is 1.51. The standard InChI is InChI=1S/C16H26N2O4.ClH/c1-4-21-8-9-22-10-13-6-5-7-15(12(13)2)18-16(19)14(17)11-20-3;/h5-7,14H,4,8-11,17H2,1-3H3,(H,18,19);1H. The van der Waals surface area contributed by atoms with E-state index in [1.165, 1.54) is 7.11 Å². The van der Waals surface area contributed by atoms with Gasteiger partial charge in [0.2, 0.25) is 5.91 Å². The number of hydrogen-bond acceptors (Lipinski definition) is 5. The van der Waals surface area contributed by atoms with E-state index in [4.69, 9.17) is 19.9 Å². The average molecular weight is 347 g/mol. The SMILES string of the molecule is CCOCCOCc1cccc(NC(=O)C(N)COC)c1C.Cl. The lowest BCUT2D eigenvalue weighted by molar-refractivity contribution is -0.118. The van der Waals surface area contributed by atoms with Gasteiger partial charge in [0.05, 0.1) is 26.4 Å². The van der Waals surface area contributed by atoms with Crippen LogP contribution in [0.4, 0.5) is 5.69 Å². The average Bonchev–Trinajstić information content (AvgIpc) is 2.50. The van der Waals surface area contributed by atoms with Crippen LogP contribution in [0, 0.1) is 6.92 Å². The van der Waals surface area contributed by atoms with E-state index in [2.05, 4.69) is 5.32 Å². The van der Waals surface area contributed by atoms with Crippen LogP contribution in [0.1, 0.15) is 18.1 Å². The van der Waals surface area contributed by atoms with Crippen molar-refractivity contribution in [2.45, 2.75) is 26.5 Å². The van der Waals surface area contributed by atoms with E-state index in [0.717, 1.165) is 16.8 Å². The van der Waals surface area contributed by atoms with Gasteiger partial charge in [0, 0.05) is 19.4 Å². The smallest absolute Gasteiger partial charge is 0.243 e. The maximum Gasteiger partial charge on any atom is 0.243 e. The van der Waals surface area contributed by atoms with Gasteiger partial charge in [0.25, 0.3) is 0 Å². The summed E-state index contributed by atoms with van der Waals surface area (Å²) in [5, 5.41) is 2.82. The number of anilines is 1. The third-order valence-corrected chi connectivity index (χ3v) is 3.22. The first-order valence-corrected chi connectivity index (χ1v) is 7.39. The van der Waals surface area contributed by atoms with Crippen LogP contribution in [0.25, 0.3) is 0 Å². The number of benzene rings is 1. The number of ether oxygens (including phenoxy) is 3. The zero-order chi connectivity index (χ0) is 16.4. The second-order valence-corrected chi connectivity index (χ2v) is 4.89. The molecule has 1 unspecified atom stereocenters. The van der Waals surface area contributed by atoms with E-state index >= 15 is 0 Å². The summed E-state index contributed by atoms with van der Waals surface area (Å²) in [6.45, 7) is 6.37. The number of nitrogens with two attached hydrogens (primary N) is 1. The summed E-state index contributed by atoms with van der Waals surface area (Å²) >= 11 is 0. The Morgan fingerprint density at radius 3 is 2.65 bits per heavy atom. The Labute approximate surface area is 144 Å². The number of halogens is 1. The largest absolute Gasteiger partial charge is 0.383 e. The summed E-state index contributed by atoms with van der Waals surface area (Å²) in [5.74, 6) is -0.264. The maximum absolute atomic E-state index is 11.9. The second-order valence-electron chi connectivity index (χ2n) is 4.89. The van der Waals surface area contributed by atoms with Gasteiger partial charge in [-0.2, -0.15) is 0 Å². The van der Waals surface area contributed by atoms with Gasteiger partial charge in [0.15, 0.2) is 0 Å². The zero-order valence-electron chi connectivity index (χ0n) is 14.0.